The van der Waals surface area contributed by atoms with Crippen molar-refractivity contribution in [2.45, 2.75) is 6.92 Å². The Morgan fingerprint density at radius 1 is 1.43 bits per heavy atom. The molecule has 0 radical (unpaired) electrons. The molecular weight excluding hydrogens is 194 g/mol. The summed E-state index contributed by atoms with van der Waals surface area (Å²) in [6, 6.07) is 5.72. The molecule has 2 heterocycles. The quantitative estimate of drug-likeness (QED) is 0.700. The van der Waals surface area contributed by atoms with Gasteiger partial charge in [0.25, 0.3) is 0 Å². The normalized spacial score (nSPS) is 12.0. The summed E-state index contributed by atoms with van der Waals surface area (Å²) in [7, 11) is 2.01. The smallest absolute Gasteiger partial charge is 0.191 e. The van der Waals surface area contributed by atoms with Crippen LogP contribution < -0.4 is 4.80 Å². The lowest BCUT2D eigenvalue weighted by Gasteiger charge is -1.94. The van der Waals surface area contributed by atoms with Crippen LogP contribution in [0.4, 0.5) is 5.82 Å². The molecule has 72 valence electrons. The Morgan fingerprint density at radius 2 is 2.29 bits per heavy atom. The van der Waals surface area contributed by atoms with Crippen LogP contribution in [0.3, 0.4) is 0 Å². The highest BCUT2D eigenvalue weighted by atomic mass is 32.1. The largest absolute Gasteiger partial charge is 0.324 e. The molecule has 2 aromatic heterocycles. The second-order valence-electron chi connectivity index (χ2n) is 3.02. The maximum atomic E-state index is 4.43. The molecule has 0 aromatic carbocycles. The second-order valence-corrected chi connectivity index (χ2v) is 3.85. The Hall–Kier alpha value is -1.42. The zero-order chi connectivity index (χ0) is 9.97. The lowest BCUT2D eigenvalue weighted by atomic mass is 10.5. The van der Waals surface area contributed by atoms with E-state index >= 15 is 0 Å². The van der Waals surface area contributed by atoms with Crippen LogP contribution in [0.2, 0.25) is 0 Å². The fraction of sp³-hybridized carbons (Fsp3) is 0.200. The van der Waals surface area contributed by atoms with Crippen LogP contribution in [-0.4, -0.2) is 9.55 Å². The van der Waals surface area contributed by atoms with Crippen LogP contribution in [0.25, 0.3) is 0 Å². The maximum absolute atomic E-state index is 4.43. The molecule has 0 aliphatic rings. The molecule has 4 heteroatoms. The van der Waals surface area contributed by atoms with Gasteiger partial charge in [0.2, 0.25) is 0 Å². The van der Waals surface area contributed by atoms with Crippen LogP contribution in [0.5, 0.6) is 0 Å². The Balaban J connectivity index is 2.50. The van der Waals surface area contributed by atoms with Crippen molar-refractivity contribution < 1.29 is 0 Å². The molecule has 0 aliphatic heterocycles. The van der Waals surface area contributed by atoms with Gasteiger partial charge in [0, 0.05) is 24.3 Å². The number of hydrogen-bond acceptors (Lipinski definition) is 3. The van der Waals surface area contributed by atoms with E-state index in [1.165, 1.54) is 5.69 Å². The van der Waals surface area contributed by atoms with E-state index in [1.807, 2.05) is 25.2 Å². The van der Waals surface area contributed by atoms with Crippen LogP contribution >= 0.6 is 11.3 Å². The van der Waals surface area contributed by atoms with E-state index in [0.29, 0.717) is 0 Å². The number of rotatable bonds is 1. The van der Waals surface area contributed by atoms with Crippen molar-refractivity contribution in [2.75, 3.05) is 0 Å². The minimum atomic E-state index is 0.755. The summed E-state index contributed by atoms with van der Waals surface area (Å²) in [5, 5.41) is 2.09. The van der Waals surface area contributed by atoms with Gasteiger partial charge in [-0.1, -0.05) is 6.07 Å². The summed E-state index contributed by atoms with van der Waals surface area (Å²) in [5.41, 5.74) is 1.21. The fourth-order valence-corrected chi connectivity index (χ4v) is 1.95. The number of aromatic nitrogens is 2. The van der Waals surface area contributed by atoms with Gasteiger partial charge in [-0.05, 0) is 19.1 Å². The molecule has 0 bridgehead atoms. The third-order valence-corrected chi connectivity index (χ3v) is 3.05. The number of thiazole rings is 1. The number of aryl methyl sites for hydroxylation is 1. The first-order chi connectivity index (χ1) is 6.77. The first-order valence-corrected chi connectivity index (χ1v) is 5.22. The molecule has 0 fully saturated rings. The molecule has 0 spiro atoms. The predicted octanol–water partition coefficient (Wildman–Crippen LogP) is 2.02. The van der Waals surface area contributed by atoms with E-state index in [0.717, 1.165) is 10.6 Å². The summed E-state index contributed by atoms with van der Waals surface area (Å²) in [5.74, 6) is 0.755. The van der Waals surface area contributed by atoms with E-state index in [2.05, 4.69) is 26.8 Å². The Kier molecular flexibility index (Phi) is 2.45. The Morgan fingerprint density at radius 3 is 2.86 bits per heavy atom. The summed E-state index contributed by atoms with van der Waals surface area (Å²) < 4.78 is 2.05. The van der Waals surface area contributed by atoms with E-state index in [9.17, 15) is 0 Å². The lowest BCUT2D eigenvalue weighted by Crippen LogP contribution is -2.10. The average Bonchev–Trinajstić information content (AvgIpc) is 2.52. The molecule has 0 atom stereocenters. The molecule has 2 aromatic rings. The maximum Gasteiger partial charge on any atom is 0.191 e. The third-order valence-electron chi connectivity index (χ3n) is 2.01. The summed E-state index contributed by atoms with van der Waals surface area (Å²) in [6.07, 6.45) is 1.75. The van der Waals surface area contributed by atoms with Gasteiger partial charge in [0.1, 0.15) is 0 Å². The Labute approximate surface area is 86.4 Å². The van der Waals surface area contributed by atoms with Gasteiger partial charge in [-0.3, -0.25) is 0 Å². The van der Waals surface area contributed by atoms with E-state index < -0.39 is 0 Å². The highest BCUT2D eigenvalue weighted by Gasteiger charge is 1.95. The zero-order valence-corrected chi connectivity index (χ0v) is 8.95. The monoisotopic (exact) mass is 205 g/mol. The summed E-state index contributed by atoms with van der Waals surface area (Å²) in [4.78, 5) is 9.56. The molecule has 0 saturated heterocycles. The molecule has 0 aliphatic carbocycles. The summed E-state index contributed by atoms with van der Waals surface area (Å²) >= 11 is 1.63. The molecule has 3 nitrogen and oxygen atoms in total. The summed E-state index contributed by atoms with van der Waals surface area (Å²) in [6.45, 7) is 2.06. The van der Waals surface area contributed by atoms with Crippen LogP contribution in [0.1, 0.15) is 5.69 Å². The van der Waals surface area contributed by atoms with Crippen molar-refractivity contribution in [1.29, 1.82) is 0 Å². The third kappa shape index (κ3) is 1.75. The average molecular weight is 205 g/mol. The van der Waals surface area contributed by atoms with Gasteiger partial charge in [-0.25, -0.2) is 9.98 Å². The highest BCUT2D eigenvalue weighted by molar-refractivity contribution is 7.07. The molecule has 0 unspecified atom stereocenters. The van der Waals surface area contributed by atoms with E-state index in [4.69, 9.17) is 0 Å². The number of nitrogens with zero attached hydrogens (tertiary/aromatic N) is 3. The van der Waals surface area contributed by atoms with Crippen molar-refractivity contribution in [2.24, 2.45) is 12.0 Å². The van der Waals surface area contributed by atoms with E-state index in [1.54, 1.807) is 17.5 Å². The second kappa shape index (κ2) is 3.75. The SMILES string of the molecule is Cc1cs/c(=N\c2ccccn2)n1C. The first-order valence-electron chi connectivity index (χ1n) is 4.34. The van der Waals surface area contributed by atoms with Gasteiger partial charge in [-0.15, -0.1) is 11.3 Å². The van der Waals surface area contributed by atoms with Crippen molar-refractivity contribution in [3.05, 3.63) is 40.3 Å². The van der Waals surface area contributed by atoms with Crippen molar-refractivity contribution in [1.82, 2.24) is 9.55 Å². The zero-order valence-electron chi connectivity index (χ0n) is 8.14. The number of pyridine rings is 1. The van der Waals surface area contributed by atoms with Crippen molar-refractivity contribution >= 4 is 17.2 Å². The fourth-order valence-electron chi connectivity index (χ4n) is 1.07. The van der Waals surface area contributed by atoms with Gasteiger partial charge in [-0.2, -0.15) is 0 Å². The molecular formula is C10H11N3S. The van der Waals surface area contributed by atoms with E-state index in [-0.39, 0.29) is 0 Å². The highest BCUT2D eigenvalue weighted by Crippen LogP contribution is 2.05. The minimum Gasteiger partial charge on any atom is -0.324 e. The molecule has 14 heavy (non-hydrogen) atoms. The molecule has 0 N–H and O–H groups in total. The van der Waals surface area contributed by atoms with Crippen LogP contribution in [0, 0.1) is 6.92 Å². The Bertz CT molecular complexity index is 482. The van der Waals surface area contributed by atoms with Crippen molar-refractivity contribution in [3.63, 3.8) is 0 Å². The molecule has 0 amide bonds. The van der Waals surface area contributed by atoms with Gasteiger partial charge in [0.05, 0.1) is 0 Å². The topological polar surface area (TPSA) is 30.2 Å². The number of hydrogen-bond donors (Lipinski definition) is 0. The van der Waals surface area contributed by atoms with Gasteiger partial charge in [0.15, 0.2) is 10.6 Å². The van der Waals surface area contributed by atoms with Gasteiger partial charge < -0.3 is 4.57 Å². The molecule has 2 rings (SSSR count). The van der Waals surface area contributed by atoms with Crippen LogP contribution in [-0.2, 0) is 7.05 Å². The molecule has 0 saturated carbocycles. The predicted molar refractivity (Wildman–Crippen MR) is 57.5 cm³/mol. The standard InChI is InChI=1S/C10H11N3S/c1-8-7-14-10(13(8)2)12-9-5-3-4-6-11-9/h3-7H,1-2H3/b12-10-. The van der Waals surface area contributed by atoms with Crippen molar-refractivity contribution in [3.8, 4) is 0 Å². The van der Waals surface area contributed by atoms with Gasteiger partial charge >= 0.3 is 0 Å². The first kappa shape index (κ1) is 9.15. The lowest BCUT2D eigenvalue weighted by molar-refractivity contribution is 0.833. The minimum absolute atomic E-state index is 0.755. The van der Waals surface area contributed by atoms with Crippen LogP contribution in [0.15, 0.2) is 34.8 Å².